The molecule has 0 N–H and O–H groups in total. The van der Waals surface area contributed by atoms with Crippen LogP contribution in [-0.2, 0) is 10.2 Å². The molecule has 2 aromatic rings. The maximum absolute atomic E-state index is 12.7. The number of methoxy groups -OCH3 is 1. The lowest BCUT2D eigenvalue weighted by molar-refractivity contribution is 0.126. The Balaban J connectivity index is 1.38. The van der Waals surface area contributed by atoms with E-state index in [9.17, 15) is 8.42 Å². The zero-order chi connectivity index (χ0) is 20.4. The van der Waals surface area contributed by atoms with Crippen LogP contribution < -0.4 is 4.74 Å². The summed E-state index contributed by atoms with van der Waals surface area (Å²) in [6.07, 6.45) is 1.90. The Morgan fingerprint density at radius 3 is 2.21 bits per heavy atom. The van der Waals surface area contributed by atoms with Gasteiger partial charge in [-0.2, -0.15) is 17.0 Å². The molecule has 0 bridgehead atoms. The predicted octanol–water partition coefficient (Wildman–Crippen LogP) is 1.76. The highest BCUT2D eigenvalue weighted by Crippen LogP contribution is 2.27. The van der Waals surface area contributed by atoms with Crippen molar-refractivity contribution in [3.05, 3.63) is 30.2 Å². The van der Waals surface area contributed by atoms with Crippen molar-refractivity contribution in [2.45, 2.75) is 25.8 Å². The van der Waals surface area contributed by atoms with E-state index in [-0.39, 0.29) is 6.04 Å². The standard InChI is InChI=1S/C19H27N5O4S/c1-15(18-20-21-19(28-18)16-5-7-17(27-2)8-6-16)22-11-13-24(14-12-22)29(25,26)23-9-3-4-10-23/h5-8,15H,3-4,9-14H2,1-2H3. The van der Waals surface area contributed by atoms with E-state index in [2.05, 4.69) is 15.1 Å². The van der Waals surface area contributed by atoms with Crippen molar-refractivity contribution in [3.8, 4) is 17.2 Å². The summed E-state index contributed by atoms with van der Waals surface area (Å²) in [7, 11) is -1.71. The molecule has 1 unspecified atom stereocenters. The van der Waals surface area contributed by atoms with Gasteiger partial charge in [-0.05, 0) is 44.0 Å². The summed E-state index contributed by atoms with van der Waals surface area (Å²) in [5.74, 6) is 1.76. The van der Waals surface area contributed by atoms with E-state index in [0.29, 0.717) is 51.0 Å². The van der Waals surface area contributed by atoms with Crippen LogP contribution in [0.2, 0.25) is 0 Å². The highest BCUT2D eigenvalue weighted by atomic mass is 32.2. The first-order valence-electron chi connectivity index (χ1n) is 9.96. The Hall–Kier alpha value is -2.01. The van der Waals surface area contributed by atoms with Crippen LogP contribution in [0.25, 0.3) is 11.5 Å². The lowest BCUT2D eigenvalue weighted by Gasteiger charge is -2.37. The molecule has 29 heavy (non-hydrogen) atoms. The molecular weight excluding hydrogens is 394 g/mol. The molecule has 2 aliphatic rings. The molecule has 3 heterocycles. The first-order valence-corrected chi connectivity index (χ1v) is 11.4. The summed E-state index contributed by atoms with van der Waals surface area (Å²) in [5.41, 5.74) is 0.832. The number of benzene rings is 1. The molecule has 0 amide bonds. The van der Waals surface area contributed by atoms with Gasteiger partial charge in [-0.15, -0.1) is 10.2 Å². The van der Waals surface area contributed by atoms with Crippen molar-refractivity contribution >= 4 is 10.2 Å². The van der Waals surface area contributed by atoms with Crippen LogP contribution in [0.3, 0.4) is 0 Å². The molecule has 0 aliphatic carbocycles. The lowest BCUT2D eigenvalue weighted by Crippen LogP contribution is -2.52. The van der Waals surface area contributed by atoms with Crippen molar-refractivity contribution in [2.75, 3.05) is 46.4 Å². The molecule has 10 heteroatoms. The Kier molecular flexibility index (Phi) is 5.86. The summed E-state index contributed by atoms with van der Waals surface area (Å²) in [6.45, 7) is 5.49. The van der Waals surface area contributed by atoms with Crippen molar-refractivity contribution in [2.24, 2.45) is 0 Å². The number of piperazine rings is 1. The number of aromatic nitrogens is 2. The fraction of sp³-hybridized carbons (Fsp3) is 0.579. The van der Waals surface area contributed by atoms with Gasteiger partial charge in [0.1, 0.15) is 5.75 Å². The zero-order valence-corrected chi connectivity index (χ0v) is 17.6. The largest absolute Gasteiger partial charge is 0.497 e. The molecule has 1 aromatic carbocycles. The molecule has 2 aliphatic heterocycles. The van der Waals surface area contributed by atoms with Crippen molar-refractivity contribution in [1.29, 1.82) is 0 Å². The summed E-state index contributed by atoms with van der Waals surface area (Å²) >= 11 is 0. The molecule has 4 rings (SSSR count). The van der Waals surface area contributed by atoms with Crippen molar-refractivity contribution < 1.29 is 17.6 Å². The van der Waals surface area contributed by atoms with Crippen LogP contribution in [-0.4, -0.2) is 78.5 Å². The number of nitrogens with zero attached hydrogens (tertiary/aromatic N) is 5. The van der Waals surface area contributed by atoms with Gasteiger partial charge < -0.3 is 9.15 Å². The molecule has 0 saturated carbocycles. The summed E-state index contributed by atoms with van der Waals surface area (Å²) < 4.78 is 39.7. The Morgan fingerprint density at radius 2 is 1.59 bits per heavy atom. The Labute approximate surface area is 171 Å². The van der Waals surface area contributed by atoms with E-state index >= 15 is 0 Å². The van der Waals surface area contributed by atoms with Gasteiger partial charge in [0, 0.05) is 44.8 Å². The molecule has 1 aromatic heterocycles. The number of hydrogen-bond acceptors (Lipinski definition) is 7. The first-order chi connectivity index (χ1) is 14.0. The number of ether oxygens (including phenoxy) is 1. The monoisotopic (exact) mass is 421 g/mol. The van der Waals surface area contributed by atoms with E-state index in [4.69, 9.17) is 9.15 Å². The summed E-state index contributed by atoms with van der Waals surface area (Å²) in [5, 5.41) is 8.38. The second-order valence-corrected chi connectivity index (χ2v) is 9.33. The van der Waals surface area contributed by atoms with Crippen LogP contribution in [0.1, 0.15) is 31.7 Å². The number of hydrogen-bond donors (Lipinski definition) is 0. The quantitative estimate of drug-likeness (QED) is 0.702. The molecular formula is C19H27N5O4S. The van der Waals surface area contributed by atoms with Crippen LogP contribution in [0.5, 0.6) is 5.75 Å². The van der Waals surface area contributed by atoms with Gasteiger partial charge in [-0.25, -0.2) is 0 Å². The highest BCUT2D eigenvalue weighted by molar-refractivity contribution is 7.86. The number of rotatable bonds is 6. The first kappa shape index (κ1) is 20.3. The Bertz CT molecular complexity index is 916. The van der Waals surface area contributed by atoms with E-state index in [1.54, 1.807) is 15.7 Å². The van der Waals surface area contributed by atoms with Crippen LogP contribution in [0.15, 0.2) is 28.7 Å². The average Bonchev–Trinajstić information content (AvgIpc) is 3.46. The van der Waals surface area contributed by atoms with Gasteiger partial charge in [-0.3, -0.25) is 4.90 Å². The SMILES string of the molecule is COc1ccc(-c2nnc(C(C)N3CCN(S(=O)(=O)N4CCCC4)CC3)o2)cc1. The molecule has 2 saturated heterocycles. The van der Waals surface area contributed by atoms with E-state index in [1.165, 1.54) is 0 Å². The van der Waals surface area contributed by atoms with Gasteiger partial charge >= 0.3 is 0 Å². The smallest absolute Gasteiger partial charge is 0.282 e. The second-order valence-electron chi connectivity index (χ2n) is 7.40. The molecule has 0 radical (unpaired) electrons. The fourth-order valence-corrected chi connectivity index (χ4v) is 5.48. The fourth-order valence-electron chi connectivity index (χ4n) is 3.81. The van der Waals surface area contributed by atoms with Gasteiger partial charge in [0.15, 0.2) is 0 Å². The minimum Gasteiger partial charge on any atom is -0.497 e. The predicted molar refractivity (Wildman–Crippen MR) is 108 cm³/mol. The molecule has 158 valence electrons. The summed E-state index contributed by atoms with van der Waals surface area (Å²) in [4.78, 5) is 2.18. The van der Waals surface area contributed by atoms with E-state index < -0.39 is 10.2 Å². The van der Waals surface area contributed by atoms with E-state index in [1.807, 2.05) is 31.2 Å². The molecule has 0 spiro atoms. The minimum atomic E-state index is -3.33. The third-order valence-electron chi connectivity index (χ3n) is 5.67. The Morgan fingerprint density at radius 1 is 0.966 bits per heavy atom. The molecule has 9 nitrogen and oxygen atoms in total. The normalized spacial score (nSPS) is 20.8. The maximum atomic E-state index is 12.7. The van der Waals surface area contributed by atoms with Crippen LogP contribution in [0.4, 0.5) is 0 Å². The van der Waals surface area contributed by atoms with E-state index in [0.717, 1.165) is 24.2 Å². The minimum absolute atomic E-state index is 0.0776. The second kappa shape index (κ2) is 8.39. The molecule has 2 fully saturated rings. The van der Waals surface area contributed by atoms with Crippen molar-refractivity contribution in [3.63, 3.8) is 0 Å². The average molecular weight is 422 g/mol. The maximum Gasteiger partial charge on any atom is 0.282 e. The van der Waals surface area contributed by atoms with Gasteiger partial charge in [-0.1, -0.05) is 0 Å². The third kappa shape index (κ3) is 4.16. The van der Waals surface area contributed by atoms with Crippen LogP contribution in [0, 0.1) is 0 Å². The van der Waals surface area contributed by atoms with Gasteiger partial charge in [0.25, 0.3) is 10.2 Å². The molecule has 1 atom stereocenters. The topological polar surface area (TPSA) is 92.0 Å². The van der Waals surface area contributed by atoms with Gasteiger partial charge in [0.05, 0.1) is 13.2 Å². The van der Waals surface area contributed by atoms with Gasteiger partial charge in [0.2, 0.25) is 11.8 Å². The summed E-state index contributed by atoms with van der Waals surface area (Å²) in [6, 6.07) is 7.38. The third-order valence-corrected chi connectivity index (χ3v) is 7.71. The zero-order valence-electron chi connectivity index (χ0n) is 16.8. The van der Waals surface area contributed by atoms with Crippen molar-refractivity contribution in [1.82, 2.24) is 23.7 Å². The lowest BCUT2D eigenvalue weighted by atomic mass is 10.2. The van der Waals surface area contributed by atoms with Crippen LogP contribution >= 0.6 is 0 Å². The highest BCUT2D eigenvalue weighted by Gasteiger charge is 2.35.